The number of carbonyl (C=O) groups is 1. The lowest BCUT2D eigenvalue weighted by Gasteiger charge is -2.54. The Morgan fingerprint density at radius 3 is 2.64 bits per heavy atom. The Balaban J connectivity index is 2.34. The summed E-state index contributed by atoms with van der Waals surface area (Å²) in [6.07, 6.45) is 5.73. The van der Waals surface area contributed by atoms with Crippen LogP contribution in [0.25, 0.3) is 0 Å². The monoisotopic (exact) mass is 196 g/mol. The molecule has 0 aliphatic heterocycles. The molecule has 1 N–H and O–H groups in total. The highest BCUT2D eigenvalue weighted by Crippen LogP contribution is 2.54. The van der Waals surface area contributed by atoms with Crippen molar-refractivity contribution in [3.8, 4) is 0 Å². The van der Waals surface area contributed by atoms with E-state index < -0.39 is 5.60 Å². The van der Waals surface area contributed by atoms with E-state index in [0.29, 0.717) is 6.42 Å². The van der Waals surface area contributed by atoms with Gasteiger partial charge in [-0.25, -0.2) is 0 Å². The SMILES string of the molecule is CC1C(=O)CC[C@@]2(C)CCCC[C@]12O. The number of fused-ring (bicyclic) bond motifs is 1. The van der Waals surface area contributed by atoms with Gasteiger partial charge in [0.1, 0.15) is 5.78 Å². The molecular formula is C12H20O2. The Labute approximate surface area is 85.7 Å². The largest absolute Gasteiger partial charge is 0.389 e. The van der Waals surface area contributed by atoms with Gasteiger partial charge >= 0.3 is 0 Å². The number of carbonyl (C=O) groups excluding carboxylic acids is 1. The first-order chi connectivity index (χ1) is 6.50. The van der Waals surface area contributed by atoms with Gasteiger partial charge in [0.25, 0.3) is 0 Å². The molecule has 0 radical (unpaired) electrons. The second-order valence-corrected chi connectivity index (χ2v) is 5.38. The molecule has 0 aromatic carbocycles. The molecule has 2 aliphatic rings. The quantitative estimate of drug-likeness (QED) is 0.645. The lowest BCUT2D eigenvalue weighted by atomic mass is 9.53. The summed E-state index contributed by atoms with van der Waals surface area (Å²) in [7, 11) is 0. The van der Waals surface area contributed by atoms with Crippen LogP contribution in [0.3, 0.4) is 0 Å². The van der Waals surface area contributed by atoms with Crippen molar-refractivity contribution in [2.45, 2.75) is 58.0 Å². The van der Waals surface area contributed by atoms with Crippen LogP contribution in [0, 0.1) is 11.3 Å². The van der Waals surface area contributed by atoms with E-state index in [9.17, 15) is 9.90 Å². The van der Waals surface area contributed by atoms with Gasteiger partial charge in [-0.15, -0.1) is 0 Å². The molecule has 0 amide bonds. The number of aliphatic hydroxyl groups is 1. The average molecular weight is 196 g/mol. The van der Waals surface area contributed by atoms with Crippen molar-refractivity contribution in [2.24, 2.45) is 11.3 Å². The maximum Gasteiger partial charge on any atom is 0.138 e. The van der Waals surface area contributed by atoms with Crippen molar-refractivity contribution < 1.29 is 9.90 Å². The topological polar surface area (TPSA) is 37.3 Å². The van der Waals surface area contributed by atoms with Gasteiger partial charge in [0.15, 0.2) is 0 Å². The molecule has 2 saturated carbocycles. The molecule has 14 heavy (non-hydrogen) atoms. The molecule has 0 aromatic rings. The number of rotatable bonds is 0. The normalized spacial score (nSPS) is 48.8. The van der Waals surface area contributed by atoms with Gasteiger partial charge in [-0.3, -0.25) is 4.79 Å². The zero-order valence-electron chi connectivity index (χ0n) is 9.18. The van der Waals surface area contributed by atoms with Crippen molar-refractivity contribution in [1.29, 1.82) is 0 Å². The predicted molar refractivity (Wildman–Crippen MR) is 54.9 cm³/mol. The first-order valence-electron chi connectivity index (χ1n) is 5.75. The number of ketones is 1. The molecule has 2 fully saturated rings. The summed E-state index contributed by atoms with van der Waals surface area (Å²) >= 11 is 0. The second kappa shape index (κ2) is 3.06. The minimum Gasteiger partial charge on any atom is -0.389 e. The Morgan fingerprint density at radius 1 is 1.29 bits per heavy atom. The summed E-state index contributed by atoms with van der Waals surface area (Å²) < 4.78 is 0. The molecule has 2 nitrogen and oxygen atoms in total. The van der Waals surface area contributed by atoms with Crippen molar-refractivity contribution in [2.75, 3.05) is 0 Å². The standard InChI is InChI=1S/C12H20O2/c1-9-10(13)5-8-11(2)6-3-4-7-12(9,11)14/h9,14H,3-8H2,1-2H3/t9?,11-,12+/m1/s1. The molecule has 2 heteroatoms. The Bertz CT molecular complexity index is 261. The van der Waals surface area contributed by atoms with Crippen LogP contribution < -0.4 is 0 Å². The molecule has 1 unspecified atom stereocenters. The summed E-state index contributed by atoms with van der Waals surface area (Å²) in [5.41, 5.74) is -0.709. The lowest BCUT2D eigenvalue weighted by molar-refractivity contribution is -0.175. The molecule has 80 valence electrons. The van der Waals surface area contributed by atoms with Crippen molar-refractivity contribution >= 4 is 5.78 Å². The van der Waals surface area contributed by atoms with Crippen LogP contribution >= 0.6 is 0 Å². The fourth-order valence-corrected chi connectivity index (χ4v) is 3.39. The summed E-state index contributed by atoms with van der Waals surface area (Å²) in [4.78, 5) is 11.6. The highest BCUT2D eigenvalue weighted by Gasteiger charge is 2.55. The highest BCUT2D eigenvalue weighted by atomic mass is 16.3. The summed E-state index contributed by atoms with van der Waals surface area (Å²) in [6, 6.07) is 0. The van der Waals surface area contributed by atoms with Gasteiger partial charge in [-0.05, 0) is 24.7 Å². The number of Topliss-reactive ketones (excluding diaryl/α,β-unsaturated/α-hetero) is 1. The third-order valence-electron chi connectivity index (χ3n) is 4.70. The van der Waals surface area contributed by atoms with Gasteiger partial charge in [-0.2, -0.15) is 0 Å². The third kappa shape index (κ3) is 1.16. The molecule has 0 spiro atoms. The van der Waals surface area contributed by atoms with E-state index in [4.69, 9.17) is 0 Å². The molecule has 0 heterocycles. The van der Waals surface area contributed by atoms with E-state index in [1.165, 1.54) is 6.42 Å². The maximum atomic E-state index is 11.6. The molecule has 2 aliphatic carbocycles. The zero-order chi connectivity index (χ0) is 10.4. The van der Waals surface area contributed by atoms with Crippen molar-refractivity contribution in [3.05, 3.63) is 0 Å². The maximum absolute atomic E-state index is 11.6. The minimum absolute atomic E-state index is 0.00141. The van der Waals surface area contributed by atoms with E-state index in [2.05, 4.69) is 6.92 Å². The molecule has 0 bridgehead atoms. The molecular weight excluding hydrogens is 176 g/mol. The van der Waals surface area contributed by atoms with Crippen LogP contribution in [-0.4, -0.2) is 16.5 Å². The van der Waals surface area contributed by atoms with Crippen LogP contribution in [0.2, 0.25) is 0 Å². The minimum atomic E-state index is -0.708. The van der Waals surface area contributed by atoms with Crippen molar-refractivity contribution in [3.63, 3.8) is 0 Å². The fourth-order valence-electron chi connectivity index (χ4n) is 3.39. The summed E-state index contributed by atoms with van der Waals surface area (Å²) in [5, 5.41) is 10.7. The summed E-state index contributed by atoms with van der Waals surface area (Å²) in [5.74, 6) is 0.105. The first-order valence-corrected chi connectivity index (χ1v) is 5.75. The molecule has 0 saturated heterocycles. The second-order valence-electron chi connectivity index (χ2n) is 5.38. The molecule has 0 aromatic heterocycles. The van der Waals surface area contributed by atoms with Crippen LogP contribution in [0.5, 0.6) is 0 Å². The van der Waals surface area contributed by atoms with Crippen LogP contribution in [0.4, 0.5) is 0 Å². The Morgan fingerprint density at radius 2 is 1.93 bits per heavy atom. The molecule has 2 rings (SSSR count). The van der Waals surface area contributed by atoms with E-state index in [0.717, 1.165) is 25.7 Å². The van der Waals surface area contributed by atoms with Gasteiger partial charge in [-0.1, -0.05) is 26.7 Å². The number of hydrogen-bond acceptors (Lipinski definition) is 2. The Hall–Kier alpha value is -0.370. The van der Waals surface area contributed by atoms with Gasteiger partial charge < -0.3 is 5.11 Å². The van der Waals surface area contributed by atoms with Gasteiger partial charge in [0, 0.05) is 12.3 Å². The average Bonchev–Trinajstić information content (AvgIpc) is 2.16. The van der Waals surface area contributed by atoms with E-state index >= 15 is 0 Å². The van der Waals surface area contributed by atoms with E-state index in [1.807, 2.05) is 6.92 Å². The zero-order valence-corrected chi connectivity index (χ0v) is 9.18. The van der Waals surface area contributed by atoms with Crippen LogP contribution in [0.15, 0.2) is 0 Å². The molecule has 3 atom stereocenters. The summed E-state index contributed by atoms with van der Waals surface area (Å²) in [6.45, 7) is 4.07. The van der Waals surface area contributed by atoms with Crippen molar-refractivity contribution in [1.82, 2.24) is 0 Å². The number of hydrogen-bond donors (Lipinski definition) is 1. The van der Waals surface area contributed by atoms with Crippen LogP contribution in [-0.2, 0) is 4.79 Å². The first kappa shape index (κ1) is 10.2. The predicted octanol–water partition coefficient (Wildman–Crippen LogP) is 2.30. The Kier molecular flexibility index (Phi) is 2.22. The smallest absolute Gasteiger partial charge is 0.138 e. The fraction of sp³-hybridized carbons (Fsp3) is 0.917. The van der Waals surface area contributed by atoms with E-state index in [1.54, 1.807) is 0 Å². The van der Waals surface area contributed by atoms with Gasteiger partial charge in [0.2, 0.25) is 0 Å². The van der Waals surface area contributed by atoms with Gasteiger partial charge in [0.05, 0.1) is 5.60 Å². The lowest BCUT2D eigenvalue weighted by Crippen LogP contribution is -2.58. The van der Waals surface area contributed by atoms with Crippen LogP contribution in [0.1, 0.15) is 52.4 Å². The highest BCUT2D eigenvalue weighted by molar-refractivity contribution is 5.83. The third-order valence-corrected chi connectivity index (χ3v) is 4.70. The van der Waals surface area contributed by atoms with E-state index in [-0.39, 0.29) is 17.1 Å².